The molecular formula is C10H17NO. The van der Waals surface area contributed by atoms with Crippen LogP contribution in [0.25, 0.3) is 0 Å². The fourth-order valence-corrected chi connectivity index (χ4v) is 1.19. The third-order valence-electron chi connectivity index (χ3n) is 1.81. The Kier molecular flexibility index (Phi) is 0.902. The van der Waals surface area contributed by atoms with Gasteiger partial charge in [-0.05, 0) is 25.5 Å². The fourth-order valence-electron chi connectivity index (χ4n) is 1.19. The van der Waals surface area contributed by atoms with Gasteiger partial charge in [0.2, 0.25) is 0 Å². The molecule has 0 amide bonds. The van der Waals surface area contributed by atoms with E-state index in [1.807, 2.05) is 0 Å². The first kappa shape index (κ1) is 2.74. The largest absolute Gasteiger partial charge is 0.378 e. The normalized spacial score (nSPS) is 54.0. The number of hydrogen-bond donors (Lipinski definition) is 0. The molecule has 0 N–H and O–H groups in total. The van der Waals surface area contributed by atoms with Crippen molar-refractivity contribution in [2.24, 2.45) is 0 Å². The maximum atomic E-state index is 8.01. The van der Waals surface area contributed by atoms with Crippen LogP contribution >= 0.6 is 0 Å². The zero-order chi connectivity index (χ0) is 16.3. The molecule has 1 aliphatic heterocycles. The van der Waals surface area contributed by atoms with Crippen molar-refractivity contribution in [3.05, 3.63) is 11.7 Å². The lowest BCUT2D eigenvalue weighted by molar-refractivity contribution is 0.0513. The molecule has 0 atom stereocenters. The van der Waals surface area contributed by atoms with Crippen molar-refractivity contribution in [1.29, 1.82) is 0 Å². The van der Waals surface area contributed by atoms with E-state index < -0.39 is 37.2 Å². The number of rotatable bonds is 1. The Bertz CT molecular complexity index is 467. The highest BCUT2D eigenvalue weighted by Gasteiger charge is 2.14. The molecule has 68 valence electrons. The zero-order valence-corrected chi connectivity index (χ0v) is 6.68. The number of ether oxygens (including phenoxy) is 1. The highest BCUT2D eigenvalue weighted by molar-refractivity contribution is 5.04. The van der Waals surface area contributed by atoms with Crippen molar-refractivity contribution in [1.82, 2.24) is 4.90 Å². The van der Waals surface area contributed by atoms with Gasteiger partial charge in [0, 0.05) is 29.8 Å². The summed E-state index contributed by atoms with van der Waals surface area (Å²) in [5, 5.41) is 0. The third kappa shape index (κ3) is 1.81. The molecule has 0 spiro atoms. The Balaban J connectivity index is 2.65. The first-order valence-corrected chi connectivity index (χ1v) is 3.93. The summed E-state index contributed by atoms with van der Waals surface area (Å²) in [6, 6.07) is -0.838. The summed E-state index contributed by atoms with van der Waals surface area (Å²) in [7, 11) is 0. The van der Waals surface area contributed by atoms with E-state index in [4.69, 9.17) is 17.1 Å². The zero-order valence-electron chi connectivity index (χ0n) is 15.7. The molecule has 2 aliphatic rings. The van der Waals surface area contributed by atoms with Crippen LogP contribution in [-0.2, 0) is 4.74 Å². The molecule has 2 rings (SSSR count). The Morgan fingerprint density at radius 1 is 1.42 bits per heavy atom. The molecule has 0 bridgehead atoms. The first-order valence-electron chi connectivity index (χ1n) is 8.43. The fraction of sp³-hybridized carbons (Fsp3) is 0.800. The lowest BCUT2D eigenvalue weighted by Gasteiger charge is -2.32. The van der Waals surface area contributed by atoms with E-state index in [9.17, 15) is 0 Å². The van der Waals surface area contributed by atoms with Gasteiger partial charge >= 0.3 is 0 Å². The SMILES string of the molecule is [2H]C1=C(N2CCOCC2)C([2H])([2H])C([2H])([2H])C([2H])([2H])C1([2H])[2H]. The molecule has 0 radical (unpaired) electrons. The molecule has 2 nitrogen and oxygen atoms in total. The van der Waals surface area contributed by atoms with Crippen LogP contribution in [0, 0.1) is 0 Å². The number of allylic oxidation sites excluding steroid dienone is 2. The second kappa shape index (κ2) is 3.94. The van der Waals surface area contributed by atoms with Crippen LogP contribution in [-0.4, -0.2) is 31.2 Å². The van der Waals surface area contributed by atoms with Crippen LogP contribution in [0.4, 0.5) is 0 Å². The lowest BCUT2D eigenvalue weighted by Crippen LogP contribution is -2.35. The Hall–Kier alpha value is -0.500. The van der Waals surface area contributed by atoms with Gasteiger partial charge in [0.05, 0.1) is 14.6 Å². The van der Waals surface area contributed by atoms with E-state index in [2.05, 4.69) is 0 Å². The molecule has 0 aromatic rings. The monoisotopic (exact) mass is 176 g/mol. The summed E-state index contributed by atoms with van der Waals surface area (Å²) in [6.07, 6.45) is -12.0. The van der Waals surface area contributed by atoms with Crippen molar-refractivity contribution in [3.63, 3.8) is 0 Å². The molecule has 1 aliphatic carbocycles. The van der Waals surface area contributed by atoms with Crippen LogP contribution in [0.15, 0.2) is 11.7 Å². The van der Waals surface area contributed by atoms with E-state index in [0.29, 0.717) is 0 Å². The standard InChI is InChI=1S/C10H17NO/c1-2-4-10(5-3-1)11-6-8-12-9-7-11/h4H,1-3,5-9H2/i1D2,2D2,3D2,4D,5D2. The highest BCUT2D eigenvalue weighted by atomic mass is 16.5. The van der Waals surface area contributed by atoms with E-state index in [-0.39, 0.29) is 26.3 Å². The minimum absolute atomic E-state index is 0.215. The van der Waals surface area contributed by atoms with Crippen LogP contribution in [0.2, 0.25) is 0 Å². The summed E-state index contributed by atoms with van der Waals surface area (Å²) >= 11 is 0. The van der Waals surface area contributed by atoms with Gasteiger partial charge < -0.3 is 9.64 Å². The maximum absolute atomic E-state index is 8.01. The third-order valence-corrected chi connectivity index (χ3v) is 1.81. The Morgan fingerprint density at radius 3 is 3.08 bits per heavy atom. The topological polar surface area (TPSA) is 12.5 Å². The summed E-state index contributed by atoms with van der Waals surface area (Å²) in [6.45, 7) is 0.969. The maximum Gasteiger partial charge on any atom is 0.0642 e. The number of nitrogens with zero attached hydrogens (tertiary/aromatic N) is 1. The molecule has 0 saturated carbocycles. The van der Waals surface area contributed by atoms with Crippen molar-refractivity contribution in [3.8, 4) is 0 Å². The number of morpholine rings is 1. The Labute approximate surface area is 86.8 Å². The molecule has 0 aromatic carbocycles. The van der Waals surface area contributed by atoms with Gasteiger partial charge in [0.25, 0.3) is 0 Å². The van der Waals surface area contributed by atoms with E-state index in [0.717, 1.165) is 0 Å². The minimum atomic E-state index is -3.16. The molecule has 12 heavy (non-hydrogen) atoms. The number of hydrogen-bond acceptors (Lipinski definition) is 2. The van der Waals surface area contributed by atoms with Crippen LogP contribution in [0.1, 0.15) is 37.8 Å². The molecule has 2 heteroatoms. The predicted octanol–water partition coefficient (Wildman–Crippen LogP) is 1.78. The summed E-state index contributed by atoms with van der Waals surface area (Å²) < 4.78 is 75.7. The molecule has 1 saturated heterocycles. The summed E-state index contributed by atoms with van der Waals surface area (Å²) in [5.41, 5.74) is -0.420. The lowest BCUT2D eigenvalue weighted by atomic mass is 10.0. The first-order chi connectivity index (χ1) is 9.39. The average Bonchev–Trinajstić information content (AvgIpc) is 2.38. The molecule has 1 fully saturated rings. The Morgan fingerprint density at radius 2 is 2.25 bits per heavy atom. The van der Waals surface area contributed by atoms with Crippen molar-refractivity contribution in [2.45, 2.75) is 25.5 Å². The molecule has 1 heterocycles. The smallest absolute Gasteiger partial charge is 0.0642 e. The predicted molar refractivity (Wildman–Crippen MR) is 48.9 cm³/mol. The second-order valence-corrected chi connectivity index (χ2v) is 2.57. The van der Waals surface area contributed by atoms with Crippen molar-refractivity contribution in [2.75, 3.05) is 26.3 Å². The van der Waals surface area contributed by atoms with E-state index in [1.165, 1.54) is 4.90 Å². The van der Waals surface area contributed by atoms with Crippen LogP contribution in [0.3, 0.4) is 0 Å². The van der Waals surface area contributed by atoms with Crippen LogP contribution < -0.4 is 0 Å². The van der Waals surface area contributed by atoms with Gasteiger partial charge in [-0.2, -0.15) is 0 Å². The highest BCUT2D eigenvalue weighted by Crippen LogP contribution is 2.21. The van der Waals surface area contributed by atoms with Crippen LogP contribution in [0.5, 0.6) is 0 Å². The van der Waals surface area contributed by atoms with Crippen molar-refractivity contribution >= 4 is 0 Å². The molecule has 0 aromatic heterocycles. The molecule has 0 unspecified atom stereocenters. The summed E-state index contributed by atoms with van der Waals surface area (Å²) in [5.74, 6) is 0. The van der Waals surface area contributed by atoms with E-state index >= 15 is 0 Å². The second-order valence-electron chi connectivity index (χ2n) is 2.57. The minimum Gasteiger partial charge on any atom is -0.378 e. The molecular weight excluding hydrogens is 150 g/mol. The van der Waals surface area contributed by atoms with Gasteiger partial charge in [0.1, 0.15) is 0 Å². The van der Waals surface area contributed by atoms with Gasteiger partial charge in [-0.25, -0.2) is 0 Å². The average molecular weight is 176 g/mol. The van der Waals surface area contributed by atoms with Crippen molar-refractivity contribution < 1.29 is 17.1 Å². The van der Waals surface area contributed by atoms with Gasteiger partial charge in [-0.15, -0.1) is 0 Å². The quantitative estimate of drug-likeness (QED) is 0.604. The van der Waals surface area contributed by atoms with Gasteiger partial charge in [0.15, 0.2) is 0 Å². The van der Waals surface area contributed by atoms with Gasteiger partial charge in [-0.1, -0.05) is 6.05 Å². The van der Waals surface area contributed by atoms with E-state index in [1.54, 1.807) is 0 Å². The van der Waals surface area contributed by atoms with Gasteiger partial charge in [-0.3, -0.25) is 0 Å². The summed E-state index contributed by atoms with van der Waals surface area (Å²) in [4.78, 5) is 1.39.